The molecular formula is C19H11Cl2N3O5S. The van der Waals surface area contributed by atoms with Crippen molar-refractivity contribution in [1.29, 1.82) is 0 Å². The van der Waals surface area contributed by atoms with Crippen LogP contribution in [0.2, 0.25) is 10.0 Å². The first kappa shape index (κ1) is 21.6. The highest BCUT2D eigenvalue weighted by molar-refractivity contribution is 7.99. The van der Waals surface area contributed by atoms with E-state index in [2.05, 4.69) is 22.0 Å². The average Bonchev–Trinajstić information content (AvgIpc) is 3.19. The Morgan fingerprint density at radius 1 is 1.20 bits per heavy atom. The van der Waals surface area contributed by atoms with E-state index in [1.807, 2.05) is 0 Å². The van der Waals surface area contributed by atoms with Crippen LogP contribution < -0.4 is 0 Å². The zero-order valence-electron chi connectivity index (χ0n) is 15.0. The number of carbonyl (C=O) groups is 1. The summed E-state index contributed by atoms with van der Waals surface area (Å²) in [6.07, 6.45) is 0. The van der Waals surface area contributed by atoms with Crippen LogP contribution in [0, 0.1) is 22.0 Å². The number of hydrogen-bond acceptors (Lipinski definition) is 8. The molecule has 0 saturated carbocycles. The van der Waals surface area contributed by atoms with Crippen molar-refractivity contribution < 1.29 is 18.9 Å². The monoisotopic (exact) mass is 463 g/mol. The van der Waals surface area contributed by atoms with Crippen LogP contribution in [0.5, 0.6) is 0 Å². The van der Waals surface area contributed by atoms with Crippen LogP contribution in [0.25, 0.3) is 11.5 Å². The molecule has 0 radical (unpaired) electrons. The molecule has 0 aliphatic carbocycles. The topological polar surface area (TPSA) is 108 Å². The number of rotatable bonds is 6. The normalized spacial score (nSPS) is 10.2. The van der Waals surface area contributed by atoms with Gasteiger partial charge in [-0.05, 0) is 24.3 Å². The van der Waals surface area contributed by atoms with Crippen LogP contribution in [0.1, 0.15) is 10.4 Å². The number of esters is 1. The zero-order chi connectivity index (χ0) is 21.5. The number of nitro groups is 1. The van der Waals surface area contributed by atoms with Gasteiger partial charge in [0.05, 0.1) is 21.3 Å². The van der Waals surface area contributed by atoms with Crippen molar-refractivity contribution in [2.24, 2.45) is 0 Å². The molecule has 1 aromatic heterocycles. The minimum atomic E-state index is -0.814. The molecule has 2 aromatic carbocycles. The van der Waals surface area contributed by atoms with Crippen LogP contribution in [0.3, 0.4) is 0 Å². The van der Waals surface area contributed by atoms with Gasteiger partial charge in [-0.15, -0.1) is 10.2 Å². The molecule has 0 spiro atoms. The van der Waals surface area contributed by atoms with E-state index in [1.54, 1.807) is 18.2 Å². The van der Waals surface area contributed by atoms with Crippen molar-refractivity contribution >= 4 is 46.6 Å². The highest BCUT2D eigenvalue weighted by Gasteiger charge is 2.20. The number of carbonyl (C=O) groups excluding carboxylic acids is 1. The number of ether oxygens (including phenoxy) is 1. The smallest absolute Gasteiger partial charge is 0.346 e. The molecule has 0 unspecified atom stereocenters. The van der Waals surface area contributed by atoms with Gasteiger partial charge in [-0.25, -0.2) is 4.79 Å². The van der Waals surface area contributed by atoms with Crippen molar-refractivity contribution in [3.8, 4) is 23.3 Å². The van der Waals surface area contributed by atoms with Gasteiger partial charge in [-0.1, -0.05) is 58.9 Å². The Hall–Kier alpha value is -3.06. The fraction of sp³-hybridized carbons (Fsp3) is 0.105. The summed E-state index contributed by atoms with van der Waals surface area (Å²) in [5.74, 6) is 5.17. The number of aromatic nitrogens is 2. The van der Waals surface area contributed by atoms with Gasteiger partial charge >= 0.3 is 5.97 Å². The van der Waals surface area contributed by atoms with E-state index >= 15 is 0 Å². The van der Waals surface area contributed by atoms with Crippen LogP contribution in [0.15, 0.2) is 52.1 Å². The van der Waals surface area contributed by atoms with E-state index in [4.69, 9.17) is 32.4 Å². The lowest BCUT2D eigenvalue weighted by Gasteiger charge is -2.01. The van der Waals surface area contributed by atoms with Gasteiger partial charge in [-0.2, -0.15) is 0 Å². The zero-order valence-corrected chi connectivity index (χ0v) is 17.3. The predicted molar refractivity (Wildman–Crippen MR) is 112 cm³/mol. The molecule has 1 heterocycles. The molecule has 0 aliphatic rings. The standard InChI is InChI=1S/C19H11Cl2N3O5S/c20-12-7-8-13(15(21)11-12)17-22-23-19(29-17)30-10-4-3-9-28-18(25)14-5-1-2-6-16(14)24(26)27/h1-2,5-8,11H,9-10H2. The summed E-state index contributed by atoms with van der Waals surface area (Å²) in [5, 5.41) is 20.0. The average molecular weight is 464 g/mol. The Morgan fingerprint density at radius 3 is 2.77 bits per heavy atom. The Bertz CT molecular complexity index is 1160. The minimum absolute atomic E-state index is 0.127. The molecule has 152 valence electrons. The summed E-state index contributed by atoms with van der Waals surface area (Å²) >= 11 is 13.2. The van der Waals surface area contributed by atoms with Gasteiger partial charge in [0.25, 0.3) is 10.9 Å². The van der Waals surface area contributed by atoms with Crippen molar-refractivity contribution in [3.05, 3.63) is 68.2 Å². The third kappa shape index (κ3) is 5.51. The second-order valence-corrected chi connectivity index (χ2v) is 7.26. The fourth-order valence-electron chi connectivity index (χ4n) is 2.22. The van der Waals surface area contributed by atoms with Crippen LogP contribution in [-0.2, 0) is 4.74 Å². The number of para-hydroxylation sites is 1. The molecular weight excluding hydrogens is 453 g/mol. The number of hydrogen-bond donors (Lipinski definition) is 0. The lowest BCUT2D eigenvalue weighted by Crippen LogP contribution is -2.08. The summed E-state index contributed by atoms with van der Waals surface area (Å²) in [6.45, 7) is -0.207. The third-order valence-electron chi connectivity index (χ3n) is 3.56. The molecule has 11 heteroatoms. The first-order valence-electron chi connectivity index (χ1n) is 8.23. The van der Waals surface area contributed by atoms with Gasteiger partial charge in [0.15, 0.2) is 6.61 Å². The molecule has 0 amide bonds. The molecule has 0 fully saturated rings. The van der Waals surface area contributed by atoms with E-state index in [-0.39, 0.29) is 23.7 Å². The first-order chi connectivity index (χ1) is 14.5. The number of halogens is 2. The van der Waals surface area contributed by atoms with Crippen molar-refractivity contribution in [3.63, 3.8) is 0 Å². The number of nitrogens with zero attached hydrogens (tertiary/aromatic N) is 3. The Morgan fingerprint density at radius 2 is 2.00 bits per heavy atom. The van der Waals surface area contributed by atoms with Crippen molar-refractivity contribution in [2.45, 2.75) is 5.22 Å². The van der Waals surface area contributed by atoms with Crippen LogP contribution in [0.4, 0.5) is 5.69 Å². The lowest BCUT2D eigenvalue weighted by molar-refractivity contribution is -0.385. The van der Waals surface area contributed by atoms with E-state index in [0.717, 1.165) is 0 Å². The van der Waals surface area contributed by atoms with Crippen LogP contribution in [-0.4, -0.2) is 33.4 Å². The summed E-state index contributed by atoms with van der Waals surface area (Å²) in [6, 6.07) is 10.5. The molecule has 0 bridgehead atoms. The molecule has 0 N–H and O–H groups in total. The Kier molecular flexibility index (Phi) is 7.30. The number of benzene rings is 2. The molecule has 3 rings (SSSR count). The van der Waals surface area contributed by atoms with Gasteiger partial charge in [0.1, 0.15) is 5.56 Å². The molecule has 3 aromatic rings. The van der Waals surface area contributed by atoms with Crippen molar-refractivity contribution in [2.75, 3.05) is 12.4 Å². The number of nitro benzene ring substituents is 1. The summed E-state index contributed by atoms with van der Waals surface area (Å²) in [7, 11) is 0. The van der Waals surface area contributed by atoms with Gasteiger partial charge in [0.2, 0.25) is 5.89 Å². The first-order valence-corrected chi connectivity index (χ1v) is 9.98. The third-order valence-corrected chi connectivity index (χ3v) is 4.81. The summed E-state index contributed by atoms with van der Waals surface area (Å²) in [5.41, 5.74) is 0.116. The van der Waals surface area contributed by atoms with Crippen LogP contribution >= 0.6 is 35.0 Å². The Balaban J connectivity index is 1.50. The van der Waals surface area contributed by atoms with Crippen molar-refractivity contribution in [1.82, 2.24) is 10.2 Å². The van der Waals surface area contributed by atoms with Gasteiger partial charge < -0.3 is 9.15 Å². The largest absolute Gasteiger partial charge is 0.449 e. The number of thioether (sulfide) groups is 1. The molecule has 30 heavy (non-hydrogen) atoms. The van der Waals surface area contributed by atoms with E-state index in [9.17, 15) is 14.9 Å². The molecule has 0 aliphatic heterocycles. The second-order valence-electron chi connectivity index (χ2n) is 5.49. The predicted octanol–water partition coefficient (Wildman–Crippen LogP) is 4.90. The van der Waals surface area contributed by atoms with E-state index in [0.29, 0.717) is 26.6 Å². The summed E-state index contributed by atoms with van der Waals surface area (Å²) in [4.78, 5) is 22.2. The quantitative estimate of drug-likeness (QED) is 0.167. The molecule has 0 atom stereocenters. The fourth-order valence-corrected chi connectivity index (χ4v) is 3.25. The Labute approximate surface area is 184 Å². The minimum Gasteiger partial charge on any atom is -0.449 e. The maximum Gasteiger partial charge on any atom is 0.346 e. The maximum absolute atomic E-state index is 12.0. The van der Waals surface area contributed by atoms with E-state index in [1.165, 1.54) is 36.0 Å². The van der Waals surface area contributed by atoms with E-state index < -0.39 is 10.9 Å². The highest BCUT2D eigenvalue weighted by atomic mass is 35.5. The summed E-state index contributed by atoms with van der Waals surface area (Å²) < 4.78 is 10.5. The second kappa shape index (κ2) is 10.1. The van der Waals surface area contributed by atoms with Gasteiger partial charge in [0, 0.05) is 11.1 Å². The lowest BCUT2D eigenvalue weighted by atomic mass is 10.2. The maximum atomic E-state index is 12.0. The molecule has 0 saturated heterocycles. The highest BCUT2D eigenvalue weighted by Crippen LogP contribution is 2.30. The molecule has 8 nitrogen and oxygen atoms in total. The van der Waals surface area contributed by atoms with Gasteiger partial charge in [-0.3, -0.25) is 10.1 Å². The SMILES string of the molecule is O=C(OCC#CCSc1nnc(-c2ccc(Cl)cc2Cl)o1)c1ccccc1[N+](=O)[O-].